The molecule has 6 heteroatoms. The van der Waals surface area contributed by atoms with Crippen LogP contribution in [0.5, 0.6) is 5.75 Å². The molecular formula is C19H20N2O4. The molecule has 1 aromatic heterocycles. The van der Waals surface area contributed by atoms with Crippen LogP contribution in [0.3, 0.4) is 0 Å². The number of likely N-dealkylation sites (tertiary alicyclic amines) is 1. The normalized spacial score (nSPS) is 15.0. The van der Waals surface area contributed by atoms with Crippen molar-refractivity contribution in [2.75, 3.05) is 13.1 Å². The minimum Gasteiger partial charge on any atom is -0.490 e. The van der Waals surface area contributed by atoms with Gasteiger partial charge in [-0.3, -0.25) is 4.79 Å². The fourth-order valence-electron chi connectivity index (χ4n) is 2.82. The second-order valence-electron chi connectivity index (χ2n) is 6.16. The average Bonchev–Trinajstić information content (AvgIpc) is 2.64. The number of carboxylic acid groups (broad SMARTS) is 1. The minimum atomic E-state index is -1.10. The molecule has 1 aliphatic rings. The summed E-state index contributed by atoms with van der Waals surface area (Å²) in [7, 11) is 0. The van der Waals surface area contributed by atoms with Crippen LogP contribution in [-0.2, 0) is 0 Å². The molecule has 0 bridgehead atoms. The third-order valence-electron chi connectivity index (χ3n) is 4.28. The first kappa shape index (κ1) is 17.0. The number of aromatic carboxylic acids is 1. The summed E-state index contributed by atoms with van der Waals surface area (Å²) in [5, 5.41) is 8.86. The Hall–Kier alpha value is -2.89. The van der Waals surface area contributed by atoms with Gasteiger partial charge in [0, 0.05) is 32.1 Å². The zero-order chi connectivity index (χ0) is 17.8. The molecule has 6 nitrogen and oxygen atoms in total. The summed E-state index contributed by atoms with van der Waals surface area (Å²) >= 11 is 0. The Kier molecular flexibility index (Phi) is 4.97. The van der Waals surface area contributed by atoms with Crippen molar-refractivity contribution in [3.8, 4) is 5.75 Å². The van der Waals surface area contributed by atoms with Crippen molar-refractivity contribution in [2.45, 2.75) is 25.9 Å². The number of nitrogens with zero attached hydrogens (tertiary/aromatic N) is 2. The largest absolute Gasteiger partial charge is 0.490 e. The number of carboxylic acids is 1. The Bertz CT molecular complexity index is 748. The fraction of sp³-hybridized carbons (Fsp3) is 0.316. The van der Waals surface area contributed by atoms with E-state index in [-0.39, 0.29) is 17.7 Å². The third-order valence-corrected chi connectivity index (χ3v) is 4.28. The van der Waals surface area contributed by atoms with Crippen molar-refractivity contribution >= 4 is 11.9 Å². The van der Waals surface area contributed by atoms with Crippen LogP contribution < -0.4 is 4.74 Å². The SMILES string of the molecule is Cc1ccc(OC2CCN(C(=O)c3ccc(C(=O)O)nc3)CC2)cc1. The summed E-state index contributed by atoms with van der Waals surface area (Å²) in [6.07, 6.45) is 2.94. The average molecular weight is 340 g/mol. The predicted octanol–water partition coefficient (Wildman–Crippen LogP) is 2.77. The van der Waals surface area contributed by atoms with Gasteiger partial charge in [-0.15, -0.1) is 0 Å². The van der Waals surface area contributed by atoms with Crippen LogP contribution in [0, 0.1) is 6.92 Å². The van der Waals surface area contributed by atoms with Gasteiger partial charge in [0.2, 0.25) is 0 Å². The van der Waals surface area contributed by atoms with Gasteiger partial charge in [-0.05, 0) is 31.2 Å². The van der Waals surface area contributed by atoms with Crippen LogP contribution in [0.25, 0.3) is 0 Å². The number of hydrogen-bond donors (Lipinski definition) is 1. The Morgan fingerprint density at radius 2 is 1.80 bits per heavy atom. The van der Waals surface area contributed by atoms with Gasteiger partial charge < -0.3 is 14.7 Å². The first-order valence-electron chi connectivity index (χ1n) is 8.25. The zero-order valence-corrected chi connectivity index (χ0v) is 14.0. The summed E-state index contributed by atoms with van der Waals surface area (Å²) in [6.45, 7) is 3.25. The minimum absolute atomic E-state index is 0.0678. The highest BCUT2D eigenvalue weighted by Gasteiger charge is 2.25. The standard InChI is InChI=1S/C19H20N2O4/c1-13-2-5-15(6-3-13)25-16-8-10-21(11-9-16)18(22)14-4-7-17(19(23)24)20-12-14/h2-7,12,16H,8-11H2,1H3,(H,23,24). The van der Waals surface area contributed by atoms with Gasteiger partial charge in [-0.1, -0.05) is 17.7 Å². The van der Waals surface area contributed by atoms with E-state index in [2.05, 4.69) is 4.98 Å². The van der Waals surface area contributed by atoms with E-state index in [1.165, 1.54) is 23.9 Å². The maximum absolute atomic E-state index is 12.5. The summed E-state index contributed by atoms with van der Waals surface area (Å²) in [5.41, 5.74) is 1.53. The summed E-state index contributed by atoms with van der Waals surface area (Å²) in [5.74, 6) is -0.380. The topological polar surface area (TPSA) is 79.7 Å². The van der Waals surface area contributed by atoms with Crippen molar-refractivity contribution in [1.82, 2.24) is 9.88 Å². The molecule has 1 aliphatic heterocycles. The maximum atomic E-state index is 12.5. The highest BCUT2D eigenvalue weighted by molar-refractivity contribution is 5.95. The number of amides is 1. The second kappa shape index (κ2) is 7.34. The molecular weight excluding hydrogens is 320 g/mol. The Morgan fingerprint density at radius 3 is 2.36 bits per heavy atom. The van der Waals surface area contributed by atoms with Crippen molar-refractivity contribution < 1.29 is 19.4 Å². The second-order valence-corrected chi connectivity index (χ2v) is 6.16. The Balaban J connectivity index is 1.55. The maximum Gasteiger partial charge on any atom is 0.354 e. The number of pyridine rings is 1. The molecule has 2 aromatic rings. The molecule has 3 rings (SSSR count). The number of aromatic nitrogens is 1. The van der Waals surface area contributed by atoms with Gasteiger partial charge in [0.15, 0.2) is 0 Å². The number of piperidine rings is 1. The number of ether oxygens (including phenoxy) is 1. The quantitative estimate of drug-likeness (QED) is 0.926. The van der Waals surface area contributed by atoms with E-state index < -0.39 is 5.97 Å². The van der Waals surface area contributed by atoms with Crippen molar-refractivity contribution in [1.29, 1.82) is 0 Å². The first-order valence-corrected chi connectivity index (χ1v) is 8.25. The Morgan fingerprint density at radius 1 is 1.12 bits per heavy atom. The molecule has 0 radical (unpaired) electrons. The summed E-state index contributed by atoms with van der Waals surface area (Å²) < 4.78 is 5.97. The highest BCUT2D eigenvalue weighted by Crippen LogP contribution is 2.20. The lowest BCUT2D eigenvalue weighted by atomic mass is 10.1. The van der Waals surface area contributed by atoms with Crippen LogP contribution in [0.1, 0.15) is 39.3 Å². The van der Waals surface area contributed by atoms with E-state index in [1.807, 2.05) is 31.2 Å². The van der Waals surface area contributed by atoms with Gasteiger partial charge in [-0.2, -0.15) is 0 Å². The molecule has 2 heterocycles. The summed E-state index contributed by atoms with van der Waals surface area (Å²) in [6, 6.07) is 10.8. The lowest BCUT2D eigenvalue weighted by Gasteiger charge is -2.32. The zero-order valence-electron chi connectivity index (χ0n) is 14.0. The predicted molar refractivity (Wildman–Crippen MR) is 91.9 cm³/mol. The molecule has 1 N–H and O–H groups in total. The number of carbonyl (C=O) groups excluding carboxylic acids is 1. The first-order chi connectivity index (χ1) is 12.0. The summed E-state index contributed by atoms with van der Waals surface area (Å²) in [4.78, 5) is 28.9. The van der Waals surface area contributed by atoms with Crippen LogP contribution in [0.4, 0.5) is 0 Å². The molecule has 0 unspecified atom stereocenters. The molecule has 25 heavy (non-hydrogen) atoms. The van der Waals surface area contributed by atoms with Gasteiger partial charge in [0.1, 0.15) is 17.5 Å². The van der Waals surface area contributed by atoms with E-state index in [4.69, 9.17) is 9.84 Å². The fourth-order valence-corrected chi connectivity index (χ4v) is 2.82. The lowest BCUT2D eigenvalue weighted by Crippen LogP contribution is -2.41. The molecule has 130 valence electrons. The van der Waals surface area contributed by atoms with E-state index in [0.717, 1.165) is 18.6 Å². The molecule has 0 saturated carbocycles. The number of aryl methyl sites for hydroxylation is 1. The Labute approximate surface area is 146 Å². The molecule has 1 amide bonds. The van der Waals surface area contributed by atoms with Crippen LogP contribution in [0.2, 0.25) is 0 Å². The smallest absolute Gasteiger partial charge is 0.354 e. The van der Waals surface area contributed by atoms with Crippen LogP contribution in [-0.4, -0.2) is 46.1 Å². The third kappa shape index (κ3) is 4.15. The number of hydrogen-bond acceptors (Lipinski definition) is 4. The molecule has 0 spiro atoms. The monoisotopic (exact) mass is 340 g/mol. The van der Waals surface area contributed by atoms with E-state index in [1.54, 1.807) is 4.90 Å². The van der Waals surface area contributed by atoms with Gasteiger partial charge in [0.25, 0.3) is 5.91 Å². The molecule has 0 aliphatic carbocycles. The van der Waals surface area contributed by atoms with Crippen molar-refractivity contribution in [3.05, 3.63) is 59.4 Å². The number of benzene rings is 1. The number of rotatable bonds is 4. The van der Waals surface area contributed by atoms with E-state index >= 15 is 0 Å². The van der Waals surface area contributed by atoms with Gasteiger partial charge >= 0.3 is 5.97 Å². The number of carbonyl (C=O) groups is 2. The van der Waals surface area contributed by atoms with Crippen molar-refractivity contribution in [3.63, 3.8) is 0 Å². The van der Waals surface area contributed by atoms with Crippen molar-refractivity contribution in [2.24, 2.45) is 0 Å². The lowest BCUT2D eigenvalue weighted by molar-refractivity contribution is 0.0592. The van der Waals surface area contributed by atoms with Crippen LogP contribution >= 0.6 is 0 Å². The molecule has 1 aromatic carbocycles. The van der Waals surface area contributed by atoms with E-state index in [9.17, 15) is 9.59 Å². The highest BCUT2D eigenvalue weighted by atomic mass is 16.5. The van der Waals surface area contributed by atoms with Gasteiger partial charge in [-0.25, -0.2) is 9.78 Å². The molecule has 0 atom stereocenters. The van der Waals surface area contributed by atoms with E-state index in [0.29, 0.717) is 18.7 Å². The molecule has 1 fully saturated rings. The van der Waals surface area contributed by atoms with Crippen LogP contribution in [0.15, 0.2) is 42.6 Å². The molecule has 1 saturated heterocycles. The van der Waals surface area contributed by atoms with Gasteiger partial charge in [0.05, 0.1) is 5.56 Å².